The van der Waals surface area contributed by atoms with Crippen molar-refractivity contribution in [2.75, 3.05) is 23.9 Å². The Kier molecular flexibility index (Phi) is 5.75. The van der Waals surface area contributed by atoms with Crippen LogP contribution in [-0.4, -0.2) is 35.2 Å². The van der Waals surface area contributed by atoms with Crippen LogP contribution < -0.4 is 15.0 Å². The maximum absolute atomic E-state index is 13.0. The Labute approximate surface area is 181 Å². The van der Waals surface area contributed by atoms with Crippen molar-refractivity contribution in [1.29, 1.82) is 0 Å². The van der Waals surface area contributed by atoms with Crippen LogP contribution in [0.4, 0.5) is 11.4 Å². The number of methoxy groups -OCH3 is 1. The fourth-order valence-electron chi connectivity index (χ4n) is 3.89. The molecule has 1 aliphatic rings. The van der Waals surface area contributed by atoms with Gasteiger partial charge in [0.2, 0.25) is 5.91 Å². The third kappa shape index (κ3) is 4.03. The number of carbonyl (C=O) groups excluding carboxylic acids is 2. The Morgan fingerprint density at radius 2 is 1.97 bits per heavy atom. The minimum absolute atomic E-state index is 0.0891. The standard InChI is InChI=1S/C24H26N4O3/c1-4-20-19(15-25-28(20)18-10-7-16(2)8-11-18)24(30)26-17-9-12-21(22(14-17)31-3)27-13-5-6-23(27)29/h7-12,14-15H,4-6,13H2,1-3H3,(H,26,30). The highest BCUT2D eigenvalue weighted by Gasteiger charge is 2.25. The van der Waals surface area contributed by atoms with Crippen LogP contribution >= 0.6 is 0 Å². The number of carbonyl (C=O) groups is 2. The highest BCUT2D eigenvalue weighted by atomic mass is 16.5. The van der Waals surface area contributed by atoms with Crippen molar-refractivity contribution in [3.63, 3.8) is 0 Å². The van der Waals surface area contributed by atoms with Crippen molar-refractivity contribution >= 4 is 23.2 Å². The molecule has 0 bridgehead atoms. The van der Waals surface area contributed by atoms with Gasteiger partial charge in [-0.3, -0.25) is 9.59 Å². The van der Waals surface area contributed by atoms with Crippen molar-refractivity contribution in [1.82, 2.24) is 9.78 Å². The lowest BCUT2D eigenvalue weighted by Crippen LogP contribution is -2.24. The normalized spacial score (nSPS) is 13.5. The zero-order chi connectivity index (χ0) is 22.0. The SMILES string of the molecule is CCc1c(C(=O)Nc2ccc(N3CCCC3=O)c(OC)c2)cnn1-c1ccc(C)cc1. The first-order valence-electron chi connectivity index (χ1n) is 10.5. The molecule has 31 heavy (non-hydrogen) atoms. The first-order valence-corrected chi connectivity index (χ1v) is 10.5. The first-order chi connectivity index (χ1) is 15.0. The number of nitrogens with one attached hydrogen (secondary N) is 1. The molecular formula is C24H26N4O3. The lowest BCUT2D eigenvalue weighted by atomic mass is 10.1. The van der Waals surface area contributed by atoms with Gasteiger partial charge in [-0.05, 0) is 44.0 Å². The van der Waals surface area contributed by atoms with Gasteiger partial charge in [0.05, 0.1) is 35.9 Å². The predicted molar refractivity (Wildman–Crippen MR) is 120 cm³/mol. The topological polar surface area (TPSA) is 76.5 Å². The number of hydrogen-bond acceptors (Lipinski definition) is 4. The largest absolute Gasteiger partial charge is 0.494 e. The molecule has 7 nitrogen and oxygen atoms in total. The van der Waals surface area contributed by atoms with E-state index in [-0.39, 0.29) is 11.8 Å². The summed E-state index contributed by atoms with van der Waals surface area (Å²) in [6.45, 7) is 4.72. The molecule has 0 radical (unpaired) electrons. The van der Waals surface area contributed by atoms with E-state index in [1.807, 2.05) is 44.2 Å². The maximum atomic E-state index is 13.0. The summed E-state index contributed by atoms with van der Waals surface area (Å²) in [6, 6.07) is 13.4. The van der Waals surface area contributed by atoms with Crippen LogP contribution in [0.3, 0.4) is 0 Å². The van der Waals surface area contributed by atoms with E-state index in [1.54, 1.807) is 35.0 Å². The van der Waals surface area contributed by atoms with Gasteiger partial charge in [0.15, 0.2) is 0 Å². The highest BCUT2D eigenvalue weighted by Crippen LogP contribution is 2.34. The van der Waals surface area contributed by atoms with Gasteiger partial charge in [-0.2, -0.15) is 5.10 Å². The number of amides is 2. The first kappa shape index (κ1) is 20.7. The number of aromatic nitrogens is 2. The van der Waals surface area contributed by atoms with E-state index in [1.165, 1.54) is 5.56 Å². The molecule has 1 fully saturated rings. The molecule has 1 aliphatic heterocycles. The molecule has 1 N–H and O–H groups in total. The summed E-state index contributed by atoms with van der Waals surface area (Å²) in [5.41, 5.74) is 4.78. The van der Waals surface area contributed by atoms with Gasteiger partial charge in [0.1, 0.15) is 5.75 Å². The van der Waals surface area contributed by atoms with Crippen molar-refractivity contribution < 1.29 is 14.3 Å². The van der Waals surface area contributed by atoms with E-state index in [9.17, 15) is 9.59 Å². The summed E-state index contributed by atoms with van der Waals surface area (Å²) in [7, 11) is 1.56. The van der Waals surface area contributed by atoms with E-state index in [0.717, 1.165) is 23.5 Å². The van der Waals surface area contributed by atoms with Crippen LogP contribution in [0.15, 0.2) is 48.7 Å². The number of hydrogen-bond donors (Lipinski definition) is 1. The van der Waals surface area contributed by atoms with Gasteiger partial charge in [-0.15, -0.1) is 0 Å². The van der Waals surface area contributed by atoms with Gasteiger partial charge in [-0.25, -0.2) is 4.68 Å². The van der Waals surface area contributed by atoms with Crippen molar-refractivity contribution in [2.24, 2.45) is 0 Å². The lowest BCUT2D eigenvalue weighted by Gasteiger charge is -2.19. The fourth-order valence-corrected chi connectivity index (χ4v) is 3.89. The minimum atomic E-state index is -0.234. The van der Waals surface area contributed by atoms with Crippen LogP contribution in [0.2, 0.25) is 0 Å². The average Bonchev–Trinajstić information content (AvgIpc) is 3.40. The quantitative estimate of drug-likeness (QED) is 0.653. The van der Waals surface area contributed by atoms with E-state index < -0.39 is 0 Å². The van der Waals surface area contributed by atoms with Gasteiger partial charge in [-0.1, -0.05) is 24.6 Å². The molecular weight excluding hydrogens is 392 g/mol. The second-order valence-corrected chi connectivity index (χ2v) is 7.60. The molecule has 0 atom stereocenters. The number of benzene rings is 2. The molecule has 160 valence electrons. The summed E-state index contributed by atoms with van der Waals surface area (Å²) in [4.78, 5) is 26.8. The molecule has 0 spiro atoms. The van der Waals surface area contributed by atoms with E-state index >= 15 is 0 Å². The number of anilines is 2. The van der Waals surface area contributed by atoms with Gasteiger partial charge in [0, 0.05) is 24.7 Å². The predicted octanol–water partition coefficient (Wildman–Crippen LogP) is 4.13. The number of aryl methyl sites for hydroxylation is 1. The highest BCUT2D eigenvalue weighted by molar-refractivity contribution is 6.05. The Bertz CT molecular complexity index is 1120. The maximum Gasteiger partial charge on any atom is 0.259 e. The minimum Gasteiger partial charge on any atom is -0.494 e. The molecule has 4 rings (SSSR count). The second-order valence-electron chi connectivity index (χ2n) is 7.60. The van der Waals surface area contributed by atoms with Crippen molar-refractivity contribution in [2.45, 2.75) is 33.1 Å². The molecule has 0 saturated carbocycles. The fraction of sp³-hybridized carbons (Fsp3) is 0.292. The molecule has 1 saturated heterocycles. The molecule has 2 amide bonds. The number of ether oxygens (including phenoxy) is 1. The van der Waals surface area contributed by atoms with Gasteiger partial charge in [0.25, 0.3) is 5.91 Å². The molecule has 2 aromatic carbocycles. The van der Waals surface area contributed by atoms with Gasteiger partial charge < -0.3 is 15.0 Å². The Morgan fingerprint density at radius 3 is 2.61 bits per heavy atom. The summed E-state index contributed by atoms with van der Waals surface area (Å²) >= 11 is 0. The molecule has 2 heterocycles. The number of rotatable bonds is 6. The van der Waals surface area contributed by atoms with Crippen LogP contribution in [-0.2, 0) is 11.2 Å². The smallest absolute Gasteiger partial charge is 0.259 e. The van der Waals surface area contributed by atoms with Crippen LogP contribution in [0, 0.1) is 6.92 Å². The number of nitrogens with zero attached hydrogens (tertiary/aromatic N) is 3. The van der Waals surface area contributed by atoms with Crippen LogP contribution in [0.25, 0.3) is 5.69 Å². The molecule has 1 aromatic heterocycles. The summed E-state index contributed by atoms with van der Waals surface area (Å²) in [5, 5.41) is 7.38. The van der Waals surface area contributed by atoms with Crippen LogP contribution in [0.1, 0.15) is 41.4 Å². The van der Waals surface area contributed by atoms with Crippen molar-refractivity contribution in [3.8, 4) is 11.4 Å². The Balaban J connectivity index is 1.58. The summed E-state index contributed by atoms with van der Waals surface area (Å²) < 4.78 is 7.29. The van der Waals surface area contributed by atoms with Gasteiger partial charge >= 0.3 is 0 Å². The zero-order valence-corrected chi connectivity index (χ0v) is 18.0. The van der Waals surface area contributed by atoms with E-state index in [0.29, 0.717) is 36.4 Å². The van der Waals surface area contributed by atoms with Crippen molar-refractivity contribution in [3.05, 3.63) is 65.5 Å². The third-order valence-electron chi connectivity index (χ3n) is 5.53. The summed E-state index contributed by atoms with van der Waals surface area (Å²) in [6.07, 6.45) is 3.65. The molecule has 3 aromatic rings. The lowest BCUT2D eigenvalue weighted by molar-refractivity contribution is -0.117. The Morgan fingerprint density at radius 1 is 1.19 bits per heavy atom. The molecule has 0 unspecified atom stereocenters. The second kappa shape index (κ2) is 8.63. The van der Waals surface area contributed by atoms with E-state index in [2.05, 4.69) is 10.4 Å². The van der Waals surface area contributed by atoms with E-state index in [4.69, 9.17) is 4.74 Å². The third-order valence-corrected chi connectivity index (χ3v) is 5.53. The Hall–Kier alpha value is -3.61. The summed E-state index contributed by atoms with van der Waals surface area (Å²) in [5.74, 6) is 0.410. The monoisotopic (exact) mass is 418 g/mol. The zero-order valence-electron chi connectivity index (χ0n) is 18.0. The average molecular weight is 418 g/mol. The molecule has 7 heteroatoms. The van der Waals surface area contributed by atoms with Crippen LogP contribution in [0.5, 0.6) is 5.75 Å². The molecule has 0 aliphatic carbocycles.